The van der Waals surface area contributed by atoms with Gasteiger partial charge in [0.1, 0.15) is 17.5 Å². The molecule has 1 saturated heterocycles. The lowest BCUT2D eigenvalue weighted by Gasteiger charge is -2.27. The van der Waals surface area contributed by atoms with Crippen LogP contribution in [-0.2, 0) is 17.7 Å². The highest BCUT2D eigenvalue weighted by Gasteiger charge is 2.31. The Morgan fingerprint density at radius 2 is 1.91 bits per heavy atom. The largest absolute Gasteiger partial charge is 0.478 e. The molecule has 0 bridgehead atoms. The van der Waals surface area contributed by atoms with Crippen LogP contribution in [0, 0.1) is 18.6 Å². The highest BCUT2D eigenvalue weighted by atomic mass is 35.5. The van der Waals surface area contributed by atoms with Gasteiger partial charge in [0.25, 0.3) is 6.29 Å². The van der Waals surface area contributed by atoms with Gasteiger partial charge in [-0.2, -0.15) is 0 Å². The van der Waals surface area contributed by atoms with E-state index in [-0.39, 0.29) is 28.7 Å². The lowest BCUT2D eigenvalue weighted by atomic mass is 10.0. The van der Waals surface area contributed by atoms with Gasteiger partial charge in [0, 0.05) is 23.6 Å². The molecule has 2 atom stereocenters. The highest BCUT2D eigenvalue weighted by molar-refractivity contribution is 6.30. The number of aromatic carboxylic acids is 1. The number of carbonyl (C=O) groups is 1. The average Bonchev–Trinajstić information content (AvgIpc) is 3.53. The van der Waals surface area contributed by atoms with Gasteiger partial charge in [-0.25, -0.2) is 18.6 Å². The molecule has 0 spiro atoms. The zero-order valence-corrected chi connectivity index (χ0v) is 23.7. The molecule has 0 amide bonds. The Hall–Kier alpha value is -4.47. The molecule has 2 aliphatic heterocycles. The van der Waals surface area contributed by atoms with Crippen LogP contribution in [0.5, 0.6) is 11.5 Å². The van der Waals surface area contributed by atoms with Gasteiger partial charge < -0.3 is 23.9 Å². The molecule has 1 unspecified atom stereocenters. The van der Waals surface area contributed by atoms with E-state index in [0.717, 1.165) is 12.0 Å². The maximum Gasteiger partial charge on any atom is 0.335 e. The minimum absolute atomic E-state index is 0.00951. The second-order valence-electron chi connectivity index (χ2n) is 10.7. The monoisotopic (exact) mass is 602 g/mol. The molecule has 7 nitrogen and oxygen atoms in total. The molecule has 1 fully saturated rings. The van der Waals surface area contributed by atoms with Crippen molar-refractivity contribution >= 4 is 28.6 Å². The summed E-state index contributed by atoms with van der Waals surface area (Å²) in [5.41, 5.74) is 4.07. The number of hydrogen-bond donors (Lipinski definition) is 1. The van der Waals surface area contributed by atoms with E-state index in [0.29, 0.717) is 58.2 Å². The Bertz CT molecular complexity index is 1920. The fourth-order valence-corrected chi connectivity index (χ4v) is 5.75. The number of carboxylic acid groups (broad SMARTS) is 1. The molecule has 2 aliphatic rings. The van der Waals surface area contributed by atoms with Gasteiger partial charge in [-0.15, -0.1) is 0 Å². The van der Waals surface area contributed by atoms with Gasteiger partial charge in [-0.05, 0) is 72.5 Å². The minimum atomic E-state index is -1.02. The molecule has 0 aliphatic carbocycles. The van der Waals surface area contributed by atoms with Crippen molar-refractivity contribution in [2.24, 2.45) is 0 Å². The first kappa shape index (κ1) is 27.4. The number of ether oxygens (including phenoxy) is 3. The zero-order chi connectivity index (χ0) is 29.8. The number of fused-ring (bicyclic) bond motifs is 2. The number of aryl methyl sites for hydroxylation is 1. The Kier molecular flexibility index (Phi) is 6.79. The van der Waals surface area contributed by atoms with Crippen LogP contribution in [0.2, 0.25) is 5.02 Å². The molecule has 1 N–H and O–H groups in total. The van der Waals surface area contributed by atoms with Gasteiger partial charge in [0.2, 0.25) is 0 Å². The SMILES string of the molecule is Cc1cc(C(=O)O)cc2c1nc(Cc1ccc(-c3cccc4c3OC(c3ccc(Cl)cc3F)O4)cc1F)n2C[C@@H]1CCO1. The van der Waals surface area contributed by atoms with E-state index in [4.69, 9.17) is 30.8 Å². The second-order valence-corrected chi connectivity index (χ2v) is 11.2. The van der Waals surface area contributed by atoms with Crippen LogP contribution in [0.15, 0.2) is 66.7 Å². The van der Waals surface area contributed by atoms with Crippen molar-refractivity contribution in [1.29, 1.82) is 0 Å². The summed E-state index contributed by atoms with van der Waals surface area (Å²) in [5, 5.41) is 9.87. The van der Waals surface area contributed by atoms with Crippen LogP contribution in [0.3, 0.4) is 0 Å². The van der Waals surface area contributed by atoms with Crippen LogP contribution < -0.4 is 9.47 Å². The number of hydrogen-bond acceptors (Lipinski definition) is 5. The molecule has 10 heteroatoms. The van der Waals surface area contributed by atoms with E-state index in [9.17, 15) is 14.3 Å². The van der Waals surface area contributed by atoms with E-state index >= 15 is 4.39 Å². The smallest absolute Gasteiger partial charge is 0.335 e. The average molecular weight is 603 g/mol. The molecular formula is C33H25ClF2N2O5. The third-order valence-electron chi connectivity index (χ3n) is 7.92. The van der Waals surface area contributed by atoms with Crippen molar-refractivity contribution in [3.05, 3.63) is 111 Å². The number of halogens is 3. The van der Waals surface area contributed by atoms with Crippen LogP contribution in [0.25, 0.3) is 22.2 Å². The van der Waals surface area contributed by atoms with E-state index in [1.165, 1.54) is 18.2 Å². The Balaban J connectivity index is 1.20. The van der Waals surface area contributed by atoms with Crippen molar-refractivity contribution in [2.45, 2.75) is 38.7 Å². The van der Waals surface area contributed by atoms with Gasteiger partial charge in [-0.3, -0.25) is 0 Å². The Labute approximate surface area is 250 Å². The predicted octanol–water partition coefficient (Wildman–Crippen LogP) is 7.49. The van der Waals surface area contributed by atoms with Gasteiger partial charge >= 0.3 is 5.97 Å². The summed E-state index contributed by atoms with van der Waals surface area (Å²) in [7, 11) is 0. The molecule has 1 aromatic heterocycles. The first-order valence-corrected chi connectivity index (χ1v) is 14.2. The first-order valence-electron chi connectivity index (χ1n) is 13.8. The number of benzene rings is 4. The fourth-order valence-electron chi connectivity index (χ4n) is 5.59. The Morgan fingerprint density at radius 1 is 1.07 bits per heavy atom. The van der Waals surface area contributed by atoms with Crippen molar-refractivity contribution in [3.63, 3.8) is 0 Å². The number of imidazole rings is 1. The van der Waals surface area contributed by atoms with E-state index in [1.807, 2.05) is 11.5 Å². The molecular weight excluding hydrogens is 578 g/mol. The third-order valence-corrected chi connectivity index (χ3v) is 8.15. The van der Waals surface area contributed by atoms with Crippen molar-refractivity contribution in [3.8, 4) is 22.6 Å². The van der Waals surface area contributed by atoms with Crippen LogP contribution in [-0.4, -0.2) is 33.3 Å². The van der Waals surface area contributed by atoms with Crippen molar-refractivity contribution in [1.82, 2.24) is 9.55 Å². The predicted molar refractivity (Wildman–Crippen MR) is 156 cm³/mol. The summed E-state index contributed by atoms with van der Waals surface area (Å²) < 4.78 is 49.7. The zero-order valence-electron chi connectivity index (χ0n) is 22.9. The summed E-state index contributed by atoms with van der Waals surface area (Å²) in [5.74, 6) is -0.576. The summed E-state index contributed by atoms with van der Waals surface area (Å²) in [6, 6.07) is 17.7. The van der Waals surface area contributed by atoms with E-state index in [1.54, 1.807) is 48.5 Å². The Morgan fingerprint density at radius 3 is 2.63 bits per heavy atom. The lowest BCUT2D eigenvalue weighted by molar-refractivity contribution is -0.0589. The molecule has 5 aromatic rings. The van der Waals surface area contributed by atoms with Gasteiger partial charge in [0.05, 0.1) is 34.8 Å². The van der Waals surface area contributed by atoms with Crippen LogP contribution >= 0.6 is 11.6 Å². The van der Waals surface area contributed by atoms with E-state index < -0.39 is 23.9 Å². The molecule has 7 rings (SSSR count). The second kappa shape index (κ2) is 10.7. The van der Waals surface area contributed by atoms with Crippen LogP contribution in [0.1, 0.15) is 45.6 Å². The topological polar surface area (TPSA) is 82.8 Å². The van der Waals surface area contributed by atoms with Crippen molar-refractivity contribution in [2.75, 3.05) is 6.61 Å². The normalized spacial score (nSPS) is 17.3. The molecule has 43 heavy (non-hydrogen) atoms. The molecule has 3 heterocycles. The summed E-state index contributed by atoms with van der Waals surface area (Å²) in [6.45, 7) is 2.99. The summed E-state index contributed by atoms with van der Waals surface area (Å²) >= 11 is 5.89. The van der Waals surface area contributed by atoms with E-state index in [2.05, 4.69) is 0 Å². The third kappa shape index (κ3) is 4.98. The fraction of sp³-hybridized carbons (Fsp3) is 0.212. The summed E-state index contributed by atoms with van der Waals surface area (Å²) in [6.07, 6.45) is 0.0677. The molecule has 0 saturated carbocycles. The van der Waals surface area contributed by atoms with Gasteiger partial charge in [0.15, 0.2) is 11.5 Å². The number of rotatable bonds is 7. The quantitative estimate of drug-likeness (QED) is 0.208. The highest BCUT2D eigenvalue weighted by Crippen LogP contribution is 2.47. The van der Waals surface area contributed by atoms with Crippen molar-refractivity contribution < 1.29 is 32.9 Å². The number of nitrogens with zero attached hydrogens (tertiary/aromatic N) is 2. The molecule has 0 radical (unpaired) electrons. The number of para-hydroxylation sites is 1. The maximum absolute atomic E-state index is 15.7. The lowest BCUT2D eigenvalue weighted by Crippen LogP contribution is -2.31. The van der Waals surface area contributed by atoms with Gasteiger partial charge in [-0.1, -0.05) is 35.9 Å². The maximum atomic E-state index is 15.7. The van der Waals surface area contributed by atoms with Crippen LogP contribution in [0.4, 0.5) is 8.78 Å². The minimum Gasteiger partial charge on any atom is -0.478 e. The summed E-state index contributed by atoms with van der Waals surface area (Å²) in [4.78, 5) is 16.5. The number of aromatic nitrogens is 2. The first-order chi connectivity index (χ1) is 20.7. The standard InChI is InChI=1S/C33H25ClF2N2O5/c1-17-11-20(32(39)40)13-27-30(17)37-29(38(27)16-22-9-10-41-22)14-19-6-5-18(12-25(19)35)23-3-2-4-28-31(23)43-33(42-28)24-8-7-21(34)15-26(24)36/h2-8,11-13,15,22,33H,9-10,14,16H2,1H3,(H,39,40)/t22-,33?/m0/s1. The molecule has 218 valence electrons. The molecule has 4 aromatic carbocycles. The number of carboxylic acids is 1.